The van der Waals surface area contributed by atoms with Gasteiger partial charge in [0.05, 0.1) is 17.8 Å². The van der Waals surface area contributed by atoms with Gasteiger partial charge in [0.25, 0.3) is 0 Å². The van der Waals surface area contributed by atoms with Crippen molar-refractivity contribution in [3.63, 3.8) is 0 Å². The summed E-state index contributed by atoms with van der Waals surface area (Å²) in [6.07, 6.45) is 0.390. The van der Waals surface area contributed by atoms with Gasteiger partial charge in [-0.15, -0.1) is 12.4 Å². The van der Waals surface area contributed by atoms with Crippen LogP contribution in [0.2, 0.25) is 5.02 Å². The highest BCUT2D eigenvalue weighted by Gasteiger charge is 2.25. The Morgan fingerprint density at radius 2 is 2.08 bits per heavy atom. The Balaban J connectivity index is 0.00000243. The van der Waals surface area contributed by atoms with E-state index in [1.165, 1.54) is 0 Å². The van der Waals surface area contributed by atoms with Gasteiger partial charge in [0, 0.05) is 42.0 Å². The topological polar surface area (TPSA) is 50.2 Å². The molecule has 1 N–H and O–H groups in total. The van der Waals surface area contributed by atoms with E-state index in [1.54, 1.807) is 0 Å². The molecule has 1 atom stereocenters. The van der Waals surface area contributed by atoms with E-state index in [-0.39, 0.29) is 24.4 Å². The maximum atomic E-state index is 12.8. The van der Waals surface area contributed by atoms with Gasteiger partial charge in [-0.2, -0.15) is 5.10 Å². The number of halogens is 2. The Kier molecular flexibility index (Phi) is 6.72. The predicted molar refractivity (Wildman–Crippen MR) is 108 cm³/mol. The van der Waals surface area contributed by atoms with Gasteiger partial charge in [0.15, 0.2) is 0 Å². The molecule has 1 aliphatic rings. The highest BCUT2D eigenvalue weighted by molar-refractivity contribution is 6.31. The third kappa shape index (κ3) is 4.05. The van der Waals surface area contributed by atoms with Gasteiger partial charge in [0.2, 0.25) is 5.91 Å². The van der Waals surface area contributed by atoms with Crippen LogP contribution in [0.1, 0.15) is 29.4 Å². The maximum absolute atomic E-state index is 12.8. The lowest BCUT2D eigenvalue weighted by atomic mass is 10.1. The number of hydrogen-bond donors (Lipinski definition) is 1. The zero-order valence-electron chi connectivity index (χ0n) is 15.7. The first kappa shape index (κ1) is 20.7. The molecule has 1 aromatic carbocycles. The van der Waals surface area contributed by atoms with Crippen molar-refractivity contribution in [2.45, 2.75) is 40.2 Å². The molecule has 1 saturated heterocycles. The van der Waals surface area contributed by atoms with Crippen molar-refractivity contribution in [2.75, 3.05) is 19.6 Å². The standard InChI is InChI=1S/C19H25ClN4O.ClH/c1-12-5-6-16(9-18(12)20)24-15(4)17(14(3)22-24)10-19(25)23-8-7-21-11-13(23)2;/h5-6,9,13,21H,7-8,10-11H2,1-4H3;1H/t13-;/m0./s1. The highest BCUT2D eigenvalue weighted by Crippen LogP contribution is 2.23. The number of carbonyl (C=O) groups excluding carboxylic acids is 1. The third-order valence-corrected chi connectivity index (χ3v) is 5.40. The number of aromatic nitrogens is 2. The Morgan fingerprint density at radius 3 is 2.73 bits per heavy atom. The van der Waals surface area contributed by atoms with Crippen LogP contribution in [0, 0.1) is 20.8 Å². The van der Waals surface area contributed by atoms with Crippen LogP contribution in [0.4, 0.5) is 0 Å². The summed E-state index contributed by atoms with van der Waals surface area (Å²) in [6, 6.07) is 6.14. The van der Waals surface area contributed by atoms with Gasteiger partial charge in [0.1, 0.15) is 0 Å². The fraction of sp³-hybridized carbons (Fsp3) is 0.474. The van der Waals surface area contributed by atoms with Gasteiger partial charge in [-0.25, -0.2) is 4.68 Å². The number of nitrogens with zero attached hydrogens (tertiary/aromatic N) is 3. The number of rotatable bonds is 3. The summed E-state index contributed by atoms with van der Waals surface area (Å²) in [6.45, 7) is 10.5. The molecule has 1 fully saturated rings. The lowest BCUT2D eigenvalue weighted by Crippen LogP contribution is -2.52. The highest BCUT2D eigenvalue weighted by atomic mass is 35.5. The Labute approximate surface area is 166 Å². The van der Waals surface area contributed by atoms with E-state index in [1.807, 2.05) is 48.6 Å². The number of amides is 1. The second-order valence-corrected chi connectivity index (χ2v) is 7.22. The molecule has 1 aliphatic heterocycles. The zero-order valence-corrected chi connectivity index (χ0v) is 17.2. The van der Waals surface area contributed by atoms with E-state index in [4.69, 9.17) is 11.6 Å². The minimum Gasteiger partial charge on any atom is -0.337 e. The molecular formula is C19H26Cl2N4O. The van der Waals surface area contributed by atoms with Crippen LogP contribution in [-0.2, 0) is 11.2 Å². The number of piperazine rings is 1. The van der Waals surface area contributed by atoms with Gasteiger partial charge in [-0.05, 0) is 45.4 Å². The summed E-state index contributed by atoms with van der Waals surface area (Å²) < 4.78 is 1.88. The molecule has 3 rings (SSSR count). The summed E-state index contributed by atoms with van der Waals surface area (Å²) in [5.74, 6) is 0.168. The molecule has 1 aromatic heterocycles. The first-order valence-corrected chi connectivity index (χ1v) is 9.08. The van der Waals surface area contributed by atoms with E-state index in [0.29, 0.717) is 6.42 Å². The van der Waals surface area contributed by atoms with Crippen molar-refractivity contribution in [3.8, 4) is 5.69 Å². The second kappa shape index (κ2) is 8.42. The van der Waals surface area contributed by atoms with Crippen molar-refractivity contribution in [2.24, 2.45) is 0 Å². The average Bonchev–Trinajstić information content (AvgIpc) is 2.86. The summed E-state index contributed by atoms with van der Waals surface area (Å²) in [5.41, 5.74) is 4.85. The van der Waals surface area contributed by atoms with Gasteiger partial charge < -0.3 is 10.2 Å². The molecule has 5 nitrogen and oxygen atoms in total. The first-order valence-electron chi connectivity index (χ1n) is 8.70. The zero-order chi connectivity index (χ0) is 18.1. The third-order valence-electron chi connectivity index (χ3n) is 4.99. The number of carbonyl (C=O) groups is 1. The molecule has 2 heterocycles. The number of nitrogens with one attached hydrogen (secondary N) is 1. The van der Waals surface area contributed by atoms with Crippen LogP contribution in [-0.4, -0.2) is 46.3 Å². The molecule has 0 bridgehead atoms. The van der Waals surface area contributed by atoms with Crippen LogP contribution < -0.4 is 5.32 Å². The van der Waals surface area contributed by atoms with E-state index in [9.17, 15) is 4.79 Å². The molecule has 7 heteroatoms. The van der Waals surface area contributed by atoms with E-state index < -0.39 is 0 Å². The van der Waals surface area contributed by atoms with Crippen LogP contribution in [0.25, 0.3) is 5.69 Å². The monoisotopic (exact) mass is 396 g/mol. The molecule has 0 unspecified atom stereocenters. The van der Waals surface area contributed by atoms with Gasteiger partial charge in [-0.3, -0.25) is 4.79 Å². The van der Waals surface area contributed by atoms with Crippen LogP contribution in [0.5, 0.6) is 0 Å². The summed E-state index contributed by atoms with van der Waals surface area (Å²) >= 11 is 6.26. The molecule has 2 aromatic rings. The summed E-state index contributed by atoms with van der Waals surface area (Å²) in [5, 5.41) is 8.68. The fourth-order valence-electron chi connectivity index (χ4n) is 3.36. The van der Waals surface area contributed by atoms with E-state index >= 15 is 0 Å². The number of aryl methyl sites for hydroxylation is 2. The van der Waals surface area contributed by atoms with Crippen molar-refractivity contribution >= 4 is 29.9 Å². The Hall–Kier alpha value is -1.56. The maximum Gasteiger partial charge on any atom is 0.227 e. The average molecular weight is 397 g/mol. The Bertz CT molecular complexity index is 803. The summed E-state index contributed by atoms with van der Waals surface area (Å²) in [7, 11) is 0. The minimum absolute atomic E-state index is 0. The van der Waals surface area contributed by atoms with Crippen molar-refractivity contribution in [1.29, 1.82) is 0 Å². The van der Waals surface area contributed by atoms with Crippen molar-refractivity contribution < 1.29 is 4.79 Å². The first-order chi connectivity index (χ1) is 11.9. The number of hydrogen-bond acceptors (Lipinski definition) is 3. The van der Waals surface area contributed by atoms with E-state index in [0.717, 1.165) is 52.9 Å². The lowest BCUT2D eigenvalue weighted by Gasteiger charge is -2.34. The molecule has 0 radical (unpaired) electrons. The van der Waals surface area contributed by atoms with Crippen molar-refractivity contribution in [3.05, 3.63) is 45.7 Å². The molecular weight excluding hydrogens is 371 g/mol. The second-order valence-electron chi connectivity index (χ2n) is 6.81. The molecule has 0 spiro atoms. The van der Waals surface area contributed by atoms with Crippen LogP contribution in [0.15, 0.2) is 18.2 Å². The SMILES string of the molecule is Cc1ccc(-n2nc(C)c(CC(=O)N3CCNC[C@@H]3C)c2C)cc1Cl.Cl. The molecule has 0 aliphatic carbocycles. The predicted octanol–water partition coefficient (Wildman–Crippen LogP) is 3.24. The molecule has 1 amide bonds. The van der Waals surface area contributed by atoms with Crippen LogP contribution >= 0.6 is 24.0 Å². The summed E-state index contributed by atoms with van der Waals surface area (Å²) in [4.78, 5) is 14.7. The normalized spacial score (nSPS) is 17.1. The minimum atomic E-state index is 0. The lowest BCUT2D eigenvalue weighted by molar-refractivity contribution is -0.133. The van der Waals surface area contributed by atoms with E-state index in [2.05, 4.69) is 17.3 Å². The van der Waals surface area contributed by atoms with Gasteiger partial charge >= 0.3 is 0 Å². The largest absolute Gasteiger partial charge is 0.337 e. The molecule has 142 valence electrons. The molecule has 26 heavy (non-hydrogen) atoms. The quantitative estimate of drug-likeness (QED) is 0.865. The van der Waals surface area contributed by atoms with Crippen molar-refractivity contribution in [1.82, 2.24) is 20.0 Å². The number of benzene rings is 1. The fourth-order valence-corrected chi connectivity index (χ4v) is 3.53. The Morgan fingerprint density at radius 1 is 1.35 bits per heavy atom. The molecule has 0 saturated carbocycles. The van der Waals surface area contributed by atoms with Gasteiger partial charge in [-0.1, -0.05) is 17.7 Å². The van der Waals surface area contributed by atoms with Crippen LogP contribution in [0.3, 0.4) is 0 Å². The smallest absolute Gasteiger partial charge is 0.227 e.